The summed E-state index contributed by atoms with van der Waals surface area (Å²) in [7, 11) is 0. The molecular weight excluding hydrogens is 444 g/mol. The van der Waals surface area contributed by atoms with Gasteiger partial charge in [-0.25, -0.2) is 0 Å². The zero-order valence-corrected chi connectivity index (χ0v) is 19.4. The van der Waals surface area contributed by atoms with Crippen molar-refractivity contribution in [1.29, 1.82) is 0 Å². The zero-order valence-electron chi connectivity index (χ0n) is 19.4. The molecule has 0 unspecified atom stereocenters. The van der Waals surface area contributed by atoms with E-state index in [0.29, 0.717) is 30.3 Å². The first-order valence-corrected chi connectivity index (χ1v) is 11.8. The van der Waals surface area contributed by atoms with Crippen molar-refractivity contribution in [3.05, 3.63) is 83.9 Å². The minimum Gasteiger partial charge on any atom is -0.492 e. The quantitative estimate of drug-likeness (QED) is 0.373. The van der Waals surface area contributed by atoms with Crippen molar-refractivity contribution < 1.29 is 18.7 Å². The average Bonchev–Trinajstić information content (AvgIpc) is 3.32. The van der Waals surface area contributed by atoms with Crippen LogP contribution in [0.2, 0.25) is 0 Å². The summed E-state index contributed by atoms with van der Waals surface area (Å²) in [5.41, 5.74) is 3.85. The molecule has 35 heavy (non-hydrogen) atoms. The third kappa shape index (κ3) is 6.17. The molecule has 0 aliphatic carbocycles. The number of carbonyl (C=O) groups is 1. The number of ether oxygens (including phenoxy) is 2. The van der Waals surface area contributed by atoms with Crippen molar-refractivity contribution in [1.82, 2.24) is 9.88 Å². The van der Waals surface area contributed by atoms with Crippen LogP contribution < -0.4 is 15.4 Å². The number of nitrogens with one attached hydrogen (secondary N) is 2. The number of aromatic nitrogens is 1. The molecular formula is C27H28N4O4. The van der Waals surface area contributed by atoms with Gasteiger partial charge < -0.3 is 24.5 Å². The number of rotatable bonds is 9. The number of anilines is 2. The summed E-state index contributed by atoms with van der Waals surface area (Å²) in [5, 5.41) is 6.12. The molecule has 3 aromatic carbocycles. The van der Waals surface area contributed by atoms with E-state index in [1.165, 1.54) is 0 Å². The first kappa shape index (κ1) is 22.9. The Kier molecular flexibility index (Phi) is 7.21. The van der Waals surface area contributed by atoms with Crippen molar-refractivity contribution in [3.63, 3.8) is 0 Å². The number of hydrogen-bond acceptors (Lipinski definition) is 7. The molecule has 1 aromatic heterocycles. The Balaban J connectivity index is 1.12. The van der Waals surface area contributed by atoms with Crippen molar-refractivity contribution >= 4 is 28.7 Å². The van der Waals surface area contributed by atoms with Gasteiger partial charge in [-0.05, 0) is 42.0 Å². The van der Waals surface area contributed by atoms with Gasteiger partial charge in [-0.1, -0.05) is 30.3 Å². The van der Waals surface area contributed by atoms with Gasteiger partial charge >= 0.3 is 0 Å². The van der Waals surface area contributed by atoms with Gasteiger partial charge in [0.25, 0.3) is 11.9 Å². The molecule has 1 aliphatic rings. The smallest absolute Gasteiger partial charge is 0.295 e. The number of oxazole rings is 1. The van der Waals surface area contributed by atoms with Crippen molar-refractivity contribution in [3.8, 4) is 5.75 Å². The van der Waals surface area contributed by atoms with Crippen LogP contribution in [0.15, 0.2) is 77.2 Å². The van der Waals surface area contributed by atoms with Crippen LogP contribution >= 0.6 is 0 Å². The monoisotopic (exact) mass is 472 g/mol. The molecule has 0 radical (unpaired) electrons. The molecule has 2 N–H and O–H groups in total. The summed E-state index contributed by atoms with van der Waals surface area (Å²) in [5.74, 6) is 0.633. The highest BCUT2D eigenvalue weighted by atomic mass is 16.5. The molecule has 0 bridgehead atoms. The van der Waals surface area contributed by atoms with E-state index in [2.05, 4.69) is 20.5 Å². The molecule has 5 rings (SSSR count). The van der Waals surface area contributed by atoms with Crippen molar-refractivity contribution in [2.24, 2.45) is 0 Å². The van der Waals surface area contributed by atoms with Crippen LogP contribution in [0.4, 0.5) is 11.7 Å². The summed E-state index contributed by atoms with van der Waals surface area (Å²) >= 11 is 0. The van der Waals surface area contributed by atoms with Crippen LogP contribution in [-0.4, -0.2) is 55.2 Å². The molecule has 1 saturated heterocycles. The SMILES string of the molecule is O=C(Nc1ccc(CNc2nc3ccc(OCCN4CCOCC4)cc3o2)cc1)c1ccccc1. The lowest BCUT2D eigenvalue weighted by atomic mass is 10.2. The van der Waals surface area contributed by atoms with Gasteiger partial charge in [0.2, 0.25) is 0 Å². The van der Waals surface area contributed by atoms with Crippen molar-refractivity contribution in [2.75, 3.05) is 50.1 Å². The largest absolute Gasteiger partial charge is 0.492 e. The Morgan fingerprint density at radius 1 is 1.00 bits per heavy atom. The summed E-state index contributed by atoms with van der Waals surface area (Å²) < 4.78 is 17.1. The van der Waals surface area contributed by atoms with Crippen LogP contribution in [0.3, 0.4) is 0 Å². The van der Waals surface area contributed by atoms with Gasteiger partial charge in [0, 0.05) is 43.5 Å². The number of hydrogen-bond donors (Lipinski definition) is 2. The third-order valence-corrected chi connectivity index (χ3v) is 5.83. The molecule has 2 heterocycles. The van der Waals surface area contributed by atoms with Gasteiger partial charge in [-0.15, -0.1) is 0 Å². The van der Waals surface area contributed by atoms with Gasteiger partial charge in [-0.3, -0.25) is 9.69 Å². The molecule has 8 heteroatoms. The first-order valence-electron chi connectivity index (χ1n) is 11.8. The Morgan fingerprint density at radius 3 is 2.60 bits per heavy atom. The fraction of sp³-hybridized carbons (Fsp3) is 0.259. The first-order chi connectivity index (χ1) is 17.2. The van der Waals surface area contributed by atoms with E-state index in [1.807, 2.05) is 60.7 Å². The van der Waals surface area contributed by atoms with Crippen LogP contribution in [0.25, 0.3) is 11.1 Å². The highest BCUT2D eigenvalue weighted by Gasteiger charge is 2.11. The molecule has 1 amide bonds. The number of carbonyl (C=O) groups excluding carboxylic acids is 1. The fourth-order valence-electron chi connectivity index (χ4n) is 3.86. The van der Waals surface area contributed by atoms with Gasteiger partial charge in [-0.2, -0.15) is 4.98 Å². The maximum absolute atomic E-state index is 12.3. The summed E-state index contributed by atoms with van der Waals surface area (Å²) in [6, 6.07) is 23.0. The zero-order chi connectivity index (χ0) is 23.9. The summed E-state index contributed by atoms with van der Waals surface area (Å²) in [6.07, 6.45) is 0. The molecule has 180 valence electrons. The number of fused-ring (bicyclic) bond motifs is 1. The molecule has 4 aromatic rings. The van der Waals surface area contributed by atoms with E-state index >= 15 is 0 Å². The topological polar surface area (TPSA) is 88.9 Å². The molecule has 1 aliphatic heterocycles. The second-order valence-electron chi connectivity index (χ2n) is 8.32. The third-order valence-electron chi connectivity index (χ3n) is 5.83. The van der Waals surface area contributed by atoms with Gasteiger partial charge in [0.1, 0.15) is 17.9 Å². The van der Waals surface area contributed by atoms with E-state index in [-0.39, 0.29) is 5.91 Å². The second-order valence-corrected chi connectivity index (χ2v) is 8.32. The maximum Gasteiger partial charge on any atom is 0.295 e. The van der Waals surface area contributed by atoms with E-state index in [0.717, 1.165) is 55.4 Å². The summed E-state index contributed by atoms with van der Waals surface area (Å²) in [4.78, 5) is 19.1. The molecule has 1 fully saturated rings. The van der Waals surface area contributed by atoms with Crippen molar-refractivity contribution in [2.45, 2.75) is 6.54 Å². The van der Waals surface area contributed by atoms with E-state index in [1.54, 1.807) is 12.1 Å². The lowest BCUT2D eigenvalue weighted by Crippen LogP contribution is -2.38. The maximum atomic E-state index is 12.3. The Hall–Kier alpha value is -3.88. The normalized spacial score (nSPS) is 14.1. The van der Waals surface area contributed by atoms with Crippen LogP contribution in [0.1, 0.15) is 15.9 Å². The highest BCUT2D eigenvalue weighted by Crippen LogP contribution is 2.24. The lowest BCUT2D eigenvalue weighted by Gasteiger charge is -2.26. The second kappa shape index (κ2) is 11.0. The number of benzene rings is 3. The van der Waals surface area contributed by atoms with Gasteiger partial charge in [0.15, 0.2) is 5.58 Å². The molecule has 0 spiro atoms. The van der Waals surface area contributed by atoms with Crippen LogP contribution in [0.5, 0.6) is 5.75 Å². The predicted molar refractivity (Wildman–Crippen MR) is 135 cm³/mol. The molecule has 8 nitrogen and oxygen atoms in total. The fourth-order valence-corrected chi connectivity index (χ4v) is 3.86. The lowest BCUT2D eigenvalue weighted by molar-refractivity contribution is 0.0322. The van der Waals surface area contributed by atoms with Crippen LogP contribution in [0, 0.1) is 0 Å². The Morgan fingerprint density at radius 2 is 1.80 bits per heavy atom. The average molecular weight is 473 g/mol. The summed E-state index contributed by atoms with van der Waals surface area (Å²) in [6.45, 7) is 5.51. The Labute approximate surface area is 203 Å². The predicted octanol–water partition coefficient (Wildman–Crippen LogP) is 4.40. The van der Waals surface area contributed by atoms with E-state index < -0.39 is 0 Å². The van der Waals surface area contributed by atoms with E-state index in [9.17, 15) is 4.79 Å². The minimum atomic E-state index is -0.132. The Bertz CT molecular complexity index is 1250. The number of morpholine rings is 1. The minimum absolute atomic E-state index is 0.132. The van der Waals surface area contributed by atoms with Gasteiger partial charge in [0.05, 0.1) is 13.2 Å². The number of amides is 1. The standard InChI is InChI=1S/C27H28N4O4/c32-26(21-4-2-1-3-5-21)29-22-8-6-20(7-9-22)19-28-27-30-24-11-10-23(18-25(24)35-27)34-17-14-31-12-15-33-16-13-31/h1-11,18H,12-17,19H2,(H,28,30)(H,29,32). The van der Waals surface area contributed by atoms with E-state index in [4.69, 9.17) is 13.9 Å². The number of nitrogens with zero attached hydrogens (tertiary/aromatic N) is 2. The molecule has 0 saturated carbocycles. The molecule has 0 atom stereocenters. The van der Waals surface area contributed by atoms with Crippen LogP contribution in [-0.2, 0) is 11.3 Å². The highest BCUT2D eigenvalue weighted by molar-refractivity contribution is 6.04.